The Morgan fingerprint density at radius 2 is 1.90 bits per heavy atom. The van der Waals surface area contributed by atoms with E-state index < -0.39 is 0 Å². The van der Waals surface area contributed by atoms with Gasteiger partial charge in [-0.2, -0.15) is 0 Å². The lowest BCUT2D eigenvalue weighted by atomic mass is 9.78. The van der Waals surface area contributed by atoms with Gasteiger partial charge in [0.15, 0.2) is 0 Å². The Bertz CT molecular complexity index is 405. The van der Waals surface area contributed by atoms with Crippen LogP contribution in [0.15, 0.2) is 0 Å². The number of piperidine rings is 1. The van der Waals surface area contributed by atoms with E-state index in [2.05, 4.69) is 21.7 Å². The van der Waals surface area contributed by atoms with E-state index in [1.54, 1.807) is 0 Å². The molecule has 0 aromatic rings. The van der Waals surface area contributed by atoms with Gasteiger partial charge >= 0.3 is 0 Å². The second-order valence-electron chi connectivity index (χ2n) is 7.80. The highest BCUT2D eigenvalue weighted by molar-refractivity contribution is 5.51. The van der Waals surface area contributed by atoms with Crippen LogP contribution in [0.5, 0.6) is 0 Å². The van der Waals surface area contributed by atoms with Gasteiger partial charge in [0.05, 0.1) is 0 Å². The van der Waals surface area contributed by atoms with Gasteiger partial charge in [-0.3, -0.25) is 9.69 Å². The lowest BCUT2D eigenvalue weighted by Crippen LogP contribution is -2.67. The van der Waals surface area contributed by atoms with Crippen LogP contribution in [0.25, 0.3) is 0 Å². The molecular weight excluding hydrogens is 250 g/mol. The van der Waals surface area contributed by atoms with E-state index in [1.165, 1.54) is 64.7 Å². The predicted molar refractivity (Wildman–Crippen MR) is 78.5 cm³/mol. The Kier molecular flexibility index (Phi) is 2.90. The summed E-state index contributed by atoms with van der Waals surface area (Å²) in [6.45, 7) is 5.92. The van der Waals surface area contributed by atoms with Crippen LogP contribution in [0.4, 0.5) is 0 Å². The highest BCUT2D eigenvalue weighted by Gasteiger charge is 2.58. The monoisotopic (exact) mass is 277 g/mol. The highest BCUT2D eigenvalue weighted by Crippen LogP contribution is 2.53. The second-order valence-corrected chi connectivity index (χ2v) is 7.80. The molecule has 0 radical (unpaired) electrons. The topological polar surface area (TPSA) is 26.8 Å². The Balaban J connectivity index is 1.56. The second kappa shape index (κ2) is 4.44. The largest absolute Gasteiger partial charge is 0.339 e. The molecule has 2 aliphatic heterocycles. The fraction of sp³-hybridized carbons (Fsp3) is 0.938. The van der Waals surface area contributed by atoms with Crippen LogP contribution in [0.2, 0.25) is 0 Å². The van der Waals surface area contributed by atoms with Crippen LogP contribution in [0, 0.1) is 5.92 Å². The minimum absolute atomic E-state index is 0.236. The van der Waals surface area contributed by atoms with Gasteiger partial charge in [0.2, 0.25) is 6.41 Å². The standard InChI is InChI=1S/C16H27N3O/c1-17-8-9-18(10-14-2-3-14)16(12-17)6-7-19(13-20)15(11-16)4-5-15/h13-14H,2-12H2,1H3. The Morgan fingerprint density at radius 3 is 2.55 bits per heavy atom. The normalized spacial score (nSPS) is 37.5. The number of likely N-dealkylation sites (N-methyl/N-ethyl adjacent to an activating group) is 1. The molecule has 0 bridgehead atoms. The summed E-state index contributed by atoms with van der Waals surface area (Å²) in [6, 6.07) is 0. The molecule has 4 heteroatoms. The average Bonchev–Trinajstić information content (AvgIpc) is 3.32. The summed E-state index contributed by atoms with van der Waals surface area (Å²) in [7, 11) is 2.27. The summed E-state index contributed by atoms with van der Waals surface area (Å²) in [5.74, 6) is 0.967. The summed E-state index contributed by atoms with van der Waals surface area (Å²) in [4.78, 5) is 18.8. The van der Waals surface area contributed by atoms with E-state index >= 15 is 0 Å². The van der Waals surface area contributed by atoms with Crippen LogP contribution < -0.4 is 0 Å². The van der Waals surface area contributed by atoms with Crippen LogP contribution in [0.1, 0.15) is 38.5 Å². The molecule has 2 saturated heterocycles. The molecule has 4 nitrogen and oxygen atoms in total. The third-order valence-corrected chi connectivity index (χ3v) is 6.20. The molecule has 20 heavy (non-hydrogen) atoms. The van der Waals surface area contributed by atoms with Crippen molar-refractivity contribution >= 4 is 6.41 Å². The third-order valence-electron chi connectivity index (χ3n) is 6.20. The molecule has 0 aromatic carbocycles. The fourth-order valence-electron chi connectivity index (χ4n) is 4.65. The fourth-order valence-corrected chi connectivity index (χ4v) is 4.65. The minimum atomic E-state index is 0.236. The number of hydrogen-bond donors (Lipinski definition) is 0. The van der Waals surface area contributed by atoms with E-state index in [0.29, 0.717) is 5.54 Å². The highest BCUT2D eigenvalue weighted by atomic mass is 16.1. The minimum Gasteiger partial charge on any atom is -0.339 e. The maximum Gasteiger partial charge on any atom is 0.210 e. The van der Waals surface area contributed by atoms with Crippen LogP contribution in [0.3, 0.4) is 0 Å². The van der Waals surface area contributed by atoms with Gasteiger partial charge in [-0.1, -0.05) is 0 Å². The van der Waals surface area contributed by atoms with Crippen molar-refractivity contribution in [2.45, 2.75) is 49.6 Å². The van der Waals surface area contributed by atoms with Gasteiger partial charge in [-0.25, -0.2) is 0 Å². The zero-order valence-electron chi connectivity index (χ0n) is 12.7. The molecule has 112 valence electrons. The lowest BCUT2D eigenvalue weighted by molar-refractivity contribution is -0.128. The molecule has 4 aliphatic rings. The van der Waals surface area contributed by atoms with Crippen molar-refractivity contribution in [2.75, 3.05) is 39.8 Å². The van der Waals surface area contributed by atoms with Gasteiger partial charge in [0.1, 0.15) is 0 Å². The van der Waals surface area contributed by atoms with Crippen molar-refractivity contribution < 1.29 is 4.79 Å². The maximum atomic E-state index is 11.3. The number of carbonyl (C=O) groups is 1. The summed E-state index contributed by atoms with van der Waals surface area (Å²) < 4.78 is 0. The SMILES string of the molecule is CN1CCN(CC2CC2)C2(CCN(C=O)C3(CC3)C2)C1. The Morgan fingerprint density at radius 1 is 1.10 bits per heavy atom. The van der Waals surface area contributed by atoms with Gasteiger partial charge < -0.3 is 9.80 Å². The lowest BCUT2D eigenvalue weighted by Gasteiger charge is -2.56. The van der Waals surface area contributed by atoms with E-state index in [0.717, 1.165) is 18.9 Å². The first-order valence-electron chi connectivity index (χ1n) is 8.32. The molecule has 2 heterocycles. The number of piperazine rings is 1. The molecule has 2 aliphatic carbocycles. The van der Waals surface area contributed by atoms with E-state index in [-0.39, 0.29) is 5.54 Å². The van der Waals surface area contributed by atoms with Crippen molar-refractivity contribution in [1.29, 1.82) is 0 Å². The van der Waals surface area contributed by atoms with Crippen LogP contribution >= 0.6 is 0 Å². The zero-order valence-corrected chi connectivity index (χ0v) is 12.7. The van der Waals surface area contributed by atoms with Crippen LogP contribution in [-0.2, 0) is 4.79 Å². The van der Waals surface area contributed by atoms with Gasteiger partial charge in [-0.05, 0) is 51.5 Å². The first-order valence-corrected chi connectivity index (χ1v) is 8.32. The van der Waals surface area contributed by atoms with Gasteiger partial charge in [0, 0.05) is 43.8 Å². The van der Waals surface area contributed by atoms with Crippen molar-refractivity contribution in [3.63, 3.8) is 0 Å². The van der Waals surface area contributed by atoms with Crippen molar-refractivity contribution in [1.82, 2.24) is 14.7 Å². The number of carbonyl (C=O) groups excluding carboxylic acids is 1. The molecule has 1 unspecified atom stereocenters. The number of likely N-dealkylation sites (tertiary alicyclic amines) is 1. The molecular formula is C16H27N3O. The predicted octanol–water partition coefficient (Wildman–Crippen LogP) is 1.17. The molecule has 2 saturated carbocycles. The number of nitrogens with zero attached hydrogens (tertiary/aromatic N) is 3. The van der Waals surface area contributed by atoms with Crippen LogP contribution in [-0.4, -0.2) is 72.0 Å². The van der Waals surface area contributed by atoms with Crippen molar-refractivity contribution in [3.8, 4) is 0 Å². The molecule has 0 aromatic heterocycles. The maximum absolute atomic E-state index is 11.3. The molecule has 2 spiro atoms. The number of amides is 1. The first kappa shape index (κ1) is 13.1. The molecule has 1 atom stereocenters. The average molecular weight is 277 g/mol. The Hall–Kier alpha value is -0.610. The number of rotatable bonds is 3. The third kappa shape index (κ3) is 2.08. The number of hydrogen-bond acceptors (Lipinski definition) is 3. The first-order chi connectivity index (χ1) is 9.66. The van der Waals surface area contributed by atoms with Crippen molar-refractivity contribution in [2.24, 2.45) is 5.92 Å². The van der Waals surface area contributed by atoms with E-state index in [1.807, 2.05) is 0 Å². The summed E-state index contributed by atoms with van der Waals surface area (Å²) in [6.07, 6.45) is 8.84. The molecule has 1 amide bonds. The van der Waals surface area contributed by atoms with E-state index in [9.17, 15) is 4.79 Å². The summed E-state index contributed by atoms with van der Waals surface area (Å²) >= 11 is 0. The smallest absolute Gasteiger partial charge is 0.210 e. The Labute approximate surface area is 122 Å². The van der Waals surface area contributed by atoms with Gasteiger partial charge in [-0.15, -0.1) is 0 Å². The molecule has 0 N–H and O–H groups in total. The quantitative estimate of drug-likeness (QED) is 0.725. The zero-order chi connectivity index (χ0) is 13.8. The summed E-state index contributed by atoms with van der Waals surface area (Å²) in [5, 5.41) is 0. The van der Waals surface area contributed by atoms with Gasteiger partial charge in [0.25, 0.3) is 0 Å². The molecule has 4 rings (SSSR count). The van der Waals surface area contributed by atoms with Crippen molar-refractivity contribution in [3.05, 3.63) is 0 Å². The summed E-state index contributed by atoms with van der Waals surface area (Å²) in [5.41, 5.74) is 0.589. The molecule has 4 fully saturated rings. The van der Waals surface area contributed by atoms with E-state index in [4.69, 9.17) is 0 Å².